The zero-order valence-electron chi connectivity index (χ0n) is 22.6. The third-order valence-corrected chi connectivity index (χ3v) is 8.01. The zero-order valence-corrected chi connectivity index (χ0v) is 24.2. The van der Waals surface area contributed by atoms with Gasteiger partial charge in [-0.2, -0.15) is 0 Å². The van der Waals surface area contributed by atoms with Crippen LogP contribution in [0.4, 0.5) is 5.69 Å². The van der Waals surface area contributed by atoms with E-state index >= 15 is 0 Å². The predicted molar refractivity (Wildman–Crippen MR) is 162 cm³/mol. The van der Waals surface area contributed by atoms with E-state index in [4.69, 9.17) is 0 Å². The topological polar surface area (TPSA) is 69.7 Å². The van der Waals surface area contributed by atoms with E-state index in [1.54, 1.807) is 15.9 Å². The summed E-state index contributed by atoms with van der Waals surface area (Å²) in [5.74, 6) is -0.699. The van der Waals surface area contributed by atoms with E-state index in [0.717, 1.165) is 38.5 Å². The highest BCUT2D eigenvalue weighted by Gasteiger charge is 2.36. The Bertz CT molecular complexity index is 1530. The van der Waals surface area contributed by atoms with Crippen LogP contribution in [0, 0.1) is 0 Å². The SMILES string of the molecule is CCC(C)NC(=O)C(Cc1ccccc1)N(Cc1ccc(Br)cc1)C(=O)CN1C(=O)c2cccc3cccc1c23. The molecule has 3 amide bonds. The predicted octanol–water partition coefficient (Wildman–Crippen LogP) is 6.12. The first-order valence-electron chi connectivity index (χ1n) is 13.6. The molecule has 2 unspecified atom stereocenters. The molecule has 204 valence electrons. The molecule has 0 radical (unpaired) electrons. The maximum Gasteiger partial charge on any atom is 0.259 e. The minimum atomic E-state index is -0.761. The Morgan fingerprint density at radius 2 is 1.60 bits per heavy atom. The Morgan fingerprint density at radius 1 is 0.900 bits per heavy atom. The van der Waals surface area contributed by atoms with Crippen LogP contribution in [-0.2, 0) is 22.6 Å². The quantitative estimate of drug-likeness (QED) is 0.239. The molecule has 1 N–H and O–H groups in total. The fourth-order valence-corrected chi connectivity index (χ4v) is 5.41. The van der Waals surface area contributed by atoms with Crippen LogP contribution in [0.5, 0.6) is 0 Å². The molecular weight excluding hydrogens is 566 g/mol. The summed E-state index contributed by atoms with van der Waals surface area (Å²) in [5.41, 5.74) is 3.16. The van der Waals surface area contributed by atoms with E-state index in [0.29, 0.717) is 12.0 Å². The summed E-state index contributed by atoms with van der Waals surface area (Å²) in [6.45, 7) is 4.04. The number of carbonyl (C=O) groups is 3. The standard InChI is InChI=1S/C33H32BrN3O3/c1-3-22(2)35-32(39)29(19-23-9-5-4-6-10-23)36(20-24-15-17-26(34)18-16-24)30(38)21-37-28-14-8-12-25-11-7-13-27(31(25)28)33(37)40/h4-18,22,29H,3,19-21H2,1-2H3,(H,35,39). The van der Waals surface area contributed by atoms with Gasteiger partial charge in [0, 0.05) is 34.4 Å². The van der Waals surface area contributed by atoms with Crippen LogP contribution in [-0.4, -0.2) is 41.2 Å². The summed E-state index contributed by atoms with van der Waals surface area (Å²) in [5, 5.41) is 4.91. The van der Waals surface area contributed by atoms with Crippen molar-refractivity contribution in [2.45, 2.75) is 45.3 Å². The summed E-state index contributed by atoms with van der Waals surface area (Å²) in [7, 11) is 0. The molecule has 0 saturated heterocycles. The lowest BCUT2D eigenvalue weighted by molar-refractivity contribution is -0.140. The average molecular weight is 599 g/mol. The van der Waals surface area contributed by atoms with Gasteiger partial charge in [-0.1, -0.05) is 89.6 Å². The van der Waals surface area contributed by atoms with Crippen LogP contribution < -0.4 is 10.2 Å². The Balaban J connectivity index is 1.51. The van der Waals surface area contributed by atoms with E-state index in [1.807, 2.05) is 98.8 Å². The van der Waals surface area contributed by atoms with Gasteiger partial charge in [0.15, 0.2) is 0 Å². The largest absolute Gasteiger partial charge is 0.352 e. The summed E-state index contributed by atoms with van der Waals surface area (Å²) < 4.78 is 0.929. The summed E-state index contributed by atoms with van der Waals surface area (Å²) >= 11 is 3.48. The van der Waals surface area contributed by atoms with Crippen LogP contribution in [0.1, 0.15) is 41.8 Å². The summed E-state index contributed by atoms with van der Waals surface area (Å²) in [6.07, 6.45) is 1.13. The number of halogens is 1. The minimum absolute atomic E-state index is 0.0392. The van der Waals surface area contributed by atoms with Crippen molar-refractivity contribution in [3.05, 3.63) is 112 Å². The number of nitrogens with zero attached hydrogens (tertiary/aromatic N) is 2. The van der Waals surface area contributed by atoms with Gasteiger partial charge < -0.3 is 10.2 Å². The highest BCUT2D eigenvalue weighted by atomic mass is 79.9. The van der Waals surface area contributed by atoms with Crippen molar-refractivity contribution in [3.8, 4) is 0 Å². The van der Waals surface area contributed by atoms with Crippen LogP contribution in [0.25, 0.3) is 10.8 Å². The number of carbonyl (C=O) groups excluding carboxylic acids is 3. The Hall–Kier alpha value is -3.97. The molecule has 0 bridgehead atoms. The molecule has 0 aromatic heterocycles. The van der Waals surface area contributed by atoms with Gasteiger partial charge in [-0.15, -0.1) is 0 Å². The molecule has 2 atom stereocenters. The molecule has 5 rings (SSSR count). The molecule has 4 aromatic carbocycles. The van der Waals surface area contributed by atoms with Gasteiger partial charge >= 0.3 is 0 Å². The highest BCUT2D eigenvalue weighted by molar-refractivity contribution is 9.10. The fourth-order valence-electron chi connectivity index (χ4n) is 5.14. The van der Waals surface area contributed by atoms with Crippen molar-refractivity contribution in [3.63, 3.8) is 0 Å². The van der Waals surface area contributed by atoms with E-state index in [2.05, 4.69) is 21.2 Å². The van der Waals surface area contributed by atoms with Crippen molar-refractivity contribution >= 4 is 50.1 Å². The lowest BCUT2D eigenvalue weighted by Crippen LogP contribution is -2.54. The lowest BCUT2D eigenvalue weighted by atomic mass is 10.0. The van der Waals surface area contributed by atoms with Crippen LogP contribution in [0.2, 0.25) is 0 Å². The number of amides is 3. The first kappa shape index (κ1) is 27.6. The Morgan fingerprint density at radius 3 is 2.30 bits per heavy atom. The molecule has 6 nitrogen and oxygen atoms in total. The van der Waals surface area contributed by atoms with Crippen molar-refractivity contribution < 1.29 is 14.4 Å². The molecule has 1 aliphatic rings. The van der Waals surface area contributed by atoms with E-state index in [9.17, 15) is 14.4 Å². The molecule has 0 spiro atoms. The molecule has 1 heterocycles. The van der Waals surface area contributed by atoms with E-state index in [-0.39, 0.29) is 36.9 Å². The molecule has 0 aliphatic carbocycles. The molecule has 4 aromatic rings. The Labute approximate surface area is 243 Å². The molecule has 40 heavy (non-hydrogen) atoms. The van der Waals surface area contributed by atoms with Gasteiger partial charge in [-0.05, 0) is 54.1 Å². The fraction of sp³-hybridized carbons (Fsp3) is 0.242. The lowest BCUT2D eigenvalue weighted by Gasteiger charge is -2.33. The normalized spacial score (nSPS) is 13.8. The maximum atomic E-state index is 14.2. The van der Waals surface area contributed by atoms with Gasteiger partial charge in [0.05, 0.1) is 5.69 Å². The van der Waals surface area contributed by atoms with Crippen LogP contribution in [0.15, 0.2) is 95.5 Å². The average Bonchev–Trinajstić information content (AvgIpc) is 3.24. The second-order valence-electron chi connectivity index (χ2n) is 10.2. The third kappa shape index (κ3) is 5.80. The first-order chi connectivity index (χ1) is 19.4. The minimum Gasteiger partial charge on any atom is -0.352 e. The highest BCUT2D eigenvalue weighted by Crippen LogP contribution is 2.37. The molecular formula is C33H32BrN3O3. The third-order valence-electron chi connectivity index (χ3n) is 7.48. The zero-order chi connectivity index (χ0) is 28.2. The van der Waals surface area contributed by atoms with Gasteiger partial charge in [-0.3, -0.25) is 19.3 Å². The van der Waals surface area contributed by atoms with E-state index < -0.39 is 6.04 Å². The van der Waals surface area contributed by atoms with Crippen molar-refractivity contribution in [1.29, 1.82) is 0 Å². The van der Waals surface area contributed by atoms with Gasteiger partial charge in [0.1, 0.15) is 12.6 Å². The monoisotopic (exact) mass is 597 g/mol. The van der Waals surface area contributed by atoms with Gasteiger partial charge in [0.25, 0.3) is 5.91 Å². The summed E-state index contributed by atoms with van der Waals surface area (Å²) in [4.78, 5) is 44.6. The number of nitrogens with one attached hydrogen (secondary N) is 1. The molecule has 0 fully saturated rings. The van der Waals surface area contributed by atoms with Crippen molar-refractivity contribution in [1.82, 2.24) is 10.2 Å². The molecule has 0 saturated carbocycles. The maximum absolute atomic E-state index is 14.2. The second-order valence-corrected chi connectivity index (χ2v) is 11.2. The van der Waals surface area contributed by atoms with Crippen LogP contribution >= 0.6 is 15.9 Å². The van der Waals surface area contributed by atoms with Gasteiger partial charge in [0.2, 0.25) is 11.8 Å². The summed E-state index contributed by atoms with van der Waals surface area (Å²) in [6, 6.07) is 28.0. The number of benzene rings is 4. The first-order valence-corrected chi connectivity index (χ1v) is 14.4. The van der Waals surface area contributed by atoms with Crippen molar-refractivity contribution in [2.75, 3.05) is 11.4 Å². The molecule has 1 aliphatic heterocycles. The van der Waals surface area contributed by atoms with E-state index in [1.165, 1.54) is 0 Å². The van der Waals surface area contributed by atoms with Crippen molar-refractivity contribution in [2.24, 2.45) is 0 Å². The molecule has 7 heteroatoms. The number of hydrogen-bond donors (Lipinski definition) is 1. The van der Waals surface area contributed by atoms with Gasteiger partial charge in [-0.25, -0.2) is 0 Å². The number of rotatable bonds is 10. The van der Waals surface area contributed by atoms with Crippen LogP contribution in [0.3, 0.4) is 0 Å². The smallest absolute Gasteiger partial charge is 0.259 e. The Kier molecular flexibility index (Phi) is 8.31. The second kappa shape index (κ2) is 12.0. The number of hydrogen-bond acceptors (Lipinski definition) is 3. The number of anilines is 1.